The van der Waals surface area contributed by atoms with Crippen molar-refractivity contribution < 1.29 is 22.1 Å². The van der Waals surface area contributed by atoms with E-state index in [0.29, 0.717) is 10.6 Å². The fraction of sp³-hybridized carbons (Fsp3) is 0.133. The van der Waals surface area contributed by atoms with Crippen molar-refractivity contribution in [2.45, 2.75) is 0 Å². The molecular weight excluding hydrogens is 295 g/mol. The molecule has 2 N–H and O–H groups in total. The van der Waals surface area contributed by atoms with Crippen LogP contribution in [0, 0.1) is 0 Å². The second kappa shape index (κ2) is 7.29. The topological polar surface area (TPSA) is 33.5 Å². The van der Waals surface area contributed by atoms with Crippen molar-refractivity contribution in [1.29, 1.82) is 0 Å². The molecule has 0 aliphatic carbocycles. The lowest BCUT2D eigenvalue weighted by Gasteiger charge is -2.08. The maximum Gasteiger partial charge on any atom is 0.255 e. The quantitative estimate of drug-likeness (QED) is 0.778. The number of anilines is 1. The van der Waals surface area contributed by atoms with Crippen molar-refractivity contribution in [2.24, 2.45) is 0 Å². The van der Waals surface area contributed by atoms with Gasteiger partial charge in [0.05, 0.1) is 14.1 Å². The number of carbonyl (C=O) groups excluding carboxylic acids is 1. The highest BCUT2D eigenvalue weighted by atomic mass is 35.5. The highest BCUT2D eigenvalue weighted by Crippen LogP contribution is 2.14. The fourth-order valence-corrected chi connectivity index (χ4v) is 1.91. The zero-order chi connectivity index (χ0) is 13.8. The van der Waals surface area contributed by atoms with Crippen LogP contribution >= 0.6 is 11.6 Å². The largest absolute Gasteiger partial charge is 1.00 e. The molecule has 0 saturated carbocycles. The van der Waals surface area contributed by atoms with Crippen LogP contribution < -0.4 is 22.6 Å². The Bertz CT molecular complexity index is 583. The van der Waals surface area contributed by atoms with Crippen LogP contribution in [0.4, 0.5) is 11.4 Å². The highest BCUT2D eigenvalue weighted by molar-refractivity contribution is 6.31. The first-order chi connectivity index (χ1) is 9.06. The predicted octanol–water partition coefficient (Wildman–Crippen LogP) is -0.628. The fourth-order valence-electron chi connectivity index (χ4n) is 1.72. The van der Waals surface area contributed by atoms with Gasteiger partial charge in [0.2, 0.25) is 0 Å². The number of rotatable bonds is 3. The van der Waals surface area contributed by atoms with Gasteiger partial charge in [-0.05, 0) is 30.3 Å². The molecule has 0 atom stereocenters. The van der Waals surface area contributed by atoms with E-state index >= 15 is 0 Å². The summed E-state index contributed by atoms with van der Waals surface area (Å²) in [6.07, 6.45) is 0. The van der Waals surface area contributed by atoms with E-state index in [0.717, 1.165) is 5.69 Å². The molecule has 0 unspecified atom stereocenters. The third-order valence-electron chi connectivity index (χ3n) is 2.81. The summed E-state index contributed by atoms with van der Waals surface area (Å²) in [7, 11) is 4.11. The van der Waals surface area contributed by atoms with E-state index in [-0.39, 0.29) is 18.3 Å². The van der Waals surface area contributed by atoms with Crippen LogP contribution in [0.25, 0.3) is 0 Å². The number of carbonyl (C=O) groups is 1. The first kappa shape index (κ1) is 16.5. The molecule has 1 amide bonds. The molecule has 0 saturated heterocycles. The molecule has 20 heavy (non-hydrogen) atoms. The van der Waals surface area contributed by atoms with Crippen molar-refractivity contribution in [3.63, 3.8) is 0 Å². The number of benzene rings is 2. The lowest BCUT2D eigenvalue weighted by Crippen LogP contribution is -3.00. The van der Waals surface area contributed by atoms with E-state index in [4.69, 9.17) is 11.6 Å². The van der Waals surface area contributed by atoms with Gasteiger partial charge < -0.3 is 22.6 Å². The standard InChI is InChI=1S/C15H15ClN2O.ClH/c1-18(2)14-8-6-13(7-9-14)17-15(19)11-4-3-5-12(16)10-11;/h3-10H,1-2H3,(H,17,19);1H. The molecule has 0 radical (unpaired) electrons. The molecule has 2 aromatic rings. The zero-order valence-corrected chi connectivity index (χ0v) is 12.8. The zero-order valence-electron chi connectivity index (χ0n) is 11.3. The number of hydrogen-bond donors (Lipinski definition) is 2. The van der Waals surface area contributed by atoms with Gasteiger partial charge in [-0.3, -0.25) is 4.79 Å². The Morgan fingerprint density at radius 1 is 1.10 bits per heavy atom. The monoisotopic (exact) mass is 310 g/mol. The van der Waals surface area contributed by atoms with E-state index in [1.165, 1.54) is 10.6 Å². The van der Waals surface area contributed by atoms with Gasteiger partial charge in [-0.2, -0.15) is 0 Å². The van der Waals surface area contributed by atoms with E-state index in [1.807, 2.05) is 24.3 Å². The van der Waals surface area contributed by atoms with Crippen LogP contribution in [0.5, 0.6) is 0 Å². The van der Waals surface area contributed by atoms with Gasteiger partial charge in [-0.15, -0.1) is 0 Å². The summed E-state index contributed by atoms with van der Waals surface area (Å²) in [5.74, 6) is -0.160. The molecule has 0 aliphatic rings. The molecule has 3 nitrogen and oxygen atoms in total. The average Bonchev–Trinajstić information content (AvgIpc) is 2.39. The second-order valence-corrected chi connectivity index (χ2v) is 4.98. The minimum absolute atomic E-state index is 0. The number of quaternary nitrogens is 1. The molecule has 0 heterocycles. The predicted molar refractivity (Wildman–Crippen MR) is 78.3 cm³/mol. The second-order valence-electron chi connectivity index (χ2n) is 4.54. The van der Waals surface area contributed by atoms with E-state index < -0.39 is 0 Å². The van der Waals surface area contributed by atoms with E-state index in [2.05, 4.69) is 19.4 Å². The smallest absolute Gasteiger partial charge is 0.255 e. The van der Waals surface area contributed by atoms with Crippen molar-refractivity contribution >= 4 is 28.9 Å². The summed E-state index contributed by atoms with van der Waals surface area (Å²) in [5.41, 5.74) is 2.49. The third kappa shape index (κ3) is 4.23. The summed E-state index contributed by atoms with van der Waals surface area (Å²) in [5, 5.41) is 3.40. The average molecular weight is 311 g/mol. The maximum absolute atomic E-state index is 12.0. The SMILES string of the molecule is C[NH+](C)c1ccc(NC(=O)c2cccc(Cl)c2)cc1.[Cl-]. The molecule has 0 aliphatic heterocycles. The van der Waals surface area contributed by atoms with Crippen LogP contribution in [-0.2, 0) is 0 Å². The minimum Gasteiger partial charge on any atom is -1.00 e. The Balaban J connectivity index is 0.00000200. The summed E-state index contributed by atoms with van der Waals surface area (Å²) in [6, 6.07) is 14.7. The molecule has 2 rings (SSSR count). The molecular formula is C15H16Cl2N2O. The van der Waals surface area contributed by atoms with Gasteiger partial charge in [0.25, 0.3) is 5.91 Å². The maximum atomic E-state index is 12.0. The number of amides is 1. The van der Waals surface area contributed by atoms with Crippen LogP contribution in [0.2, 0.25) is 5.02 Å². The lowest BCUT2D eigenvalue weighted by molar-refractivity contribution is -0.786. The van der Waals surface area contributed by atoms with Crippen molar-refractivity contribution in [3.8, 4) is 0 Å². The number of nitrogens with one attached hydrogen (secondary N) is 2. The first-order valence-electron chi connectivity index (χ1n) is 6.04. The van der Waals surface area contributed by atoms with Gasteiger partial charge in [0.1, 0.15) is 5.69 Å². The summed E-state index contributed by atoms with van der Waals surface area (Å²) in [6.45, 7) is 0. The normalized spacial score (nSPS) is 10.0. The van der Waals surface area contributed by atoms with Crippen LogP contribution in [-0.4, -0.2) is 20.0 Å². The molecule has 0 aromatic heterocycles. The summed E-state index contributed by atoms with van der Waals surface area (Å²) >= 11 is 5.86. The van der Waals surface area contributed by atoms with Gasteiger partial charge in [0, 0.05) is 28.4 Å². The first-order valence-corrected chi connectivity index (χ1v) is 6.41. The van der Waals surface area contributed by atoms with Gasteiger partial charge >= 0.3 is 0 Å². The number of halogens is 2. The molecule has 0 fully saturated rings. The van der Waals surface area contributed by atoms with Crippen LogP contribution in [0.1, 0.15) is 10.4 Å². The van der Waals surface area contributed by atoms with Crippen LogP contribution in [0.3, 0.4) is 0 Å². The lowest BCUT2D eigenvalue weighted by atomic mass is 10.2. The Hall–Kier alpha value is -1.55. The highest BCUT2D eigenvalue weighted by Gasteiger charge is 2.07. The molecule has 5 heteroatoms. The van der Waals surface area contributed by atoms with Gasteiger partial charge in [0.15, 0.2) is 0 Å². The van der Waals surface area contributed by atoms with E-state index in [1.54, 1.807) is 24.3 Å². The Kier molecular flexibility index (Phi) is 6.02. The van der Waals surface area contributed by atoms with Crippen LogP contribution in [0.15, 0.2) is 48.5 Å². The summed E-state index contributed by atoms with van der Waals surface area (Å²) in [4.78, 5) is 13.3. The number of hydrogen-bond acceptors (Lipinski definition) is 1. The van der Waals surface area contributed by atoms with Crippen molar-refractivity contribution in [2.75, 3.05) is 19.4 Å². The minimum atomic E-state index is -0.160. The Morgan fingerprint density at radius 2 is 1.75 bits per heavy atom. The third-order valence-corrected chi connectivity index (χ3v) is 3.04. The molecule has 0 bridgehead atoms. The molecule has 0 spiro atoms. The Labute approximate surface area is 130 Å². The van der Waals surface area contributed by atoms with Crippen molar-refractivity contribution in [3.05, 3.63) is 59.1 Å². The van der Waals surface area contributed by atoms with Gasteiger partial charge in [-0.1, -0.05) is 17.7 Å². The Morgan fingerprint density at radius 3 is 2.30 bits per heavy atom. The molecule has 2 aromatic carbocycles. The van der Waals surface area contributed by atoms with Crippen molar-refractivity contribution in [1.82, 2.24) is 0 Å². The van der Waals surface area contributed by atoms with Gasteiger partial charge in [-0.25, -0.2) is 0 Å². The molecule has 106 valence electrons. The van der Waals surface area contributed by atoms with E-state index in [9.17, 15) is 4.79 Å². The summed E-state index contributed by atoms with van der Waals surface area (Å²) < 4.78 is 0.